The number of carbonyl (C=O) groups is 3. The van der Waals surface area contributed by atoms with Gasteiger partial charge in [-0.15, -0.1) is 0 Å². The Hall–Kier alpha value is -3.93. The van der Waals surface area contributed by atoms with Crippen LogP contribution in [0.15, 0.2) is 109 Å². The smallest absolute Gasteiger partial charge is 0.306 e. The van der Waals surface area contributed by atoms with Crippen LogP contribution in [0.4, 0.5) is 0 Å². The zero-order valence-corrected chi connectivity index (χ0v) is 44.8. The summed E-state index contributed by atoms with van der Waals surface area (Å²) in [4.78, 5) is 38.1. The van der Waals surface area contributed by atoms with Gasteiger partial charge in [0.15, 0.2) is 6.10 Å². The molecular formula is C63H104O6. The molecule has 0 amide bonds. The van der Waals surface area contributed by atoms with Crippen molar-refractivity contribution in [1.29, 1.82) is 0 Å². The van der Waals surface area contributed by atoms with E-state index in [1.165, 1.54) is 122 Å². The normalized spacial score (nSPS) is 12.9. The maximum Gasteiger partial charge on any atom is 0.306 e. The highest BCUT2D eigenvalue weighted by atomic mass is 16.6. The summed E-state index contributed by atoms with van der Waals surface area (Å²) in [5.41, 5.74) is 0. The molecule has 0 saturated carbocycles. The van der Waals surface area contributed by atoms with Gasteiger partial charge < -0.3 is 14.2 Å². The Labute approximate surface area is 425 Å². The average molecular weight is 958 g/mol. The molecule has 0 saturated heterocycles. The van der Waals surface area contributed by atoms with Gasteiger partial charge in [0.1, 0.15) is 13.2 Å². The van der Waals surface area contributed by atoms with E-state index in [4.69, 9.17) is 14.2 Å². The zero-order valence-electron chi connectivity index (χ0n) is 44.8. The molecule has 1 atom stereocenters. The highest BCUT2D eigenvalue weighted by Gasteiger charge is 2.19. The maximum absolute atomic E-state index is 12.8. The molecule has 392 valence electrons. The standard InChI is InChI=1S/C63H104O6/c1-4-7-10-13-16-19-22-25-28-31-34-37-40-43-46-49-52-55-61(64)67-58-60(69-63(66)57-54-51-48-45-42-39-36-33-30-27-24-21-18-15-12-9-6-3)59-68-62(65)56-53-50-47-44-41-38-35-32-29-26-23-20-17-14-11-8-5-2/h16,18-19,21,25-30,34-35,37-38,43-44,46-47,60H,4-15,17,20,22-24,31-33,36,39-42,45,48-59H2,1-3H3/b19-16-,21-18-,28-25-,29-26-,30-27-,37-34-,38-35-,46-43-,47-44-/t60-/m1/s1. The summed E-state index contributed by atoms with van der Waals surface area (Å²) >= 11 is 0. The summed E-state index contributed by atoms with van der Waals surface area (Å²) in [5.74, 6) is -1.04. The number of rotatable bonds is 50. The first-order chi connectivity index (χ1) is 34.0. The van der Waals surface area contributed by atoms with Crippen LogP contribution in [0.25, 0.3) is 0 Å². The first kappa shape index (κ1) is 65.1. The molecule has 6 heteroatoms. The Bertz CT molecular complexity index is 1420. The molecule has 0 unspecified atom stereocenters. The second kappa shape index (κ2) is 56.7. The fraction of sp³-hybridized carbons (Fsp3) is 0.667. The Kier molecular flexibility index (Phi) is 53.4. The minimum Gasteiger partial charge on any atom is -0.462 e. The minimum absolute atomic E-state index is 0.126. The Morgan fingerprint density at radius 1 is 0.290 bits per heavy atom. The van der Waals surface area contributed by atoms with Crippen molar-refractivity contribution in [3.63, 3.8) is 0 Å². The lowest BCUT2D eigenvalue weighted by molar-refractivity contribution is -0.167. The van der Waals surface area contributed by atoms with E-state index in [9.17, 15) is 14.4 Å². The van der Waals surface area contributed by atoms with Crippen molar-refractivity contribution in [1.82, 2.24) is 0 Å². The summed E-state index contributed by atoms with van der Waals surface area (Å²) in [5, 5.41) is 0. The van der Waals surface area contributed by atoms with Crippen LogP contribution in [0.2, 0.25) is 0 Å². The quantitative estimate of drug-likeness (QED) is 0.0262. The van der Waals surface area contributed by atoms with Gasteiger partial charge in [-0.3, -0.25) is 14.4 Å². The third kappa shape index (κ3) is 54.9. The lowest BCUT2D eigenvalue weighted by atomic mass is 10.1. The summed E-state index contributed by atoms with van der Waals surface area (Å²) in [7, 11) is 0. The van der Waals surface area contributed by atoms with E-state index in [1.54, 1.807) is 0 Å². The van der Waals surface area contributed by atoms with Crippen LogP contribution < -0.4 is 0 Å². The van der Waals surface area contributed by atoms with Crippen LogP contribution in [0.3, 0.4) is 0 Å². The van der Waals surface area contributed by atoms with Crippen LogP contribution in [0, 0.1) is 0 Å². The highest BCUT2D eigenvalue weighted by molar-refractivity contribution is 5.71. The monoisotopic (exact) mass is 957 g/mol. The van der Waals surface area contributed by atoms with Gasteiger partial charge >= 0.3 is 17.9 Å². The van der Waals surface area contributed by atoms with Gasteiger partial charge in [0.2, 0.25) is 0 Å². The predicted octanol–water partition coefficient (Wildman–Crippen LogP) is 19.1. The van der Waals surface area contributed by atoms with E-state index in [0.29, 0.717) is 19.3 Å². The fourth-order valence-electron chi connectivity index (χ4n) is 7.42. The van der Waals surface area contributed by atoms with E-state index in [2.05, 4.69) is 130 Å². The number of hydrogen-bond donors (Lipinski definition) is 0. The van der Waals surface area contributed by atoms with E-state index in [-0.39, 0.29) is 44.0 Å². The molecule has 0 aromatic heterocycles. The maximum atomic E-state index is 12.8. The molecule has 6 nitrogen and oxygen atoms in total. The topological polar surface area (TPSA) is 78.9 Å². The minimum atomic E-state index is -0.827. The predicted molar refractivity (Wildman–Crippen MR) is 297 cm³/mol. The molecule has 0 aliphatic heterocycles. The van der Waals surface area contributed by atoms with E-state index >= 15 is 0 Å². The van der Waals surface area contributed by atoms with Crippen molar-refractivity contribution in [2.24, 2.45) is 0 Å². The Morgan fingerprint density at radius 2 is 0.536 bits per heavy atom. The van der Waals surface area contributed by atoms with Crippen molar-refractivity contribution in [2.75, 3.05) is 13.2 Å². The van der Waals surface area contributed by atoms with Crippen LogP contribution in [-0.4, -0.2) is 37.2 Å². The van der Waals surface area contributed by atoms with Crippen molar-refractivity contribution >= 4 is 17.9 Å². The summed E-state index contributed by atoms with van der Waals surface area (Å²) in [6, 6.07) is 0. The molecule has 69 heavy (non-hydrogen) atoms. The van der Waals surface area contributed by atoms with Gasteiger partial charge in [0.25, 0.3) is 0 Å². The third-order valence-electron chi connectivity index (χ3n) is 11.7. The molecular weight excluding hydrogens is 853 g/mol. The zero-order chi connectivity index (χ0) is 50.0. The molecule has 0 heterocycles. The first-order valence-electron chi connectivity index (χ1n) is 28.4. The van der Waals surface area contributed by atoms with Crippen molar-refractivity contribution in [3.05, 3.63) is 109 Å². The largest absolute Gasteiger partial charge is 0.462 e. The number of unbranched alkanes of at least 4 members (excludes halogenated alkanes) is 21. The van der Waals surface area contributed by atoms with Crippen LogP contribution in [0.1, 0.15) is 252 Å². The molecule has 0 aliphatic carbocycles. The Balaban J connectivity index is 4.57. The van der Waals surface area contributed by atoms with Gasteiger partial charge in [-0.2, -0.15) is 0 Å². The van der Waals surface area contributed by atoms with E-state index in [0.717, 1.165) is 77.0 Å². The lowest BCUT2D eigenvalue weighted by Gasteiger charge is -2.18. The fourth-order valence-corrected chi connectivity index (χ4v) is 7.42. The number of esters is 3. The summed E-state index contributed by atoms with van der Waals surface area (Å²) in [6.45, 7) is 6.48. The molecule has 0 N–H and O–H groups in total. The molecule has 0 aromatic rings. The SMILES string of the molecule is CCCCC/C=C\C/C=C\C/C=C\C/C=C\CCCC(=O)OC[C@H](COC(=O)CCC/C=C\C/C=C\C/C=C\CCCCCCCC)OC(=O)CCCCCCCCC/C=C\C/C=C\CCCCC. The molecule has 0 aromatic carbocycles. The highest BCUT2D eigenvalue weighted by Crippen LogP contribution is 2.13. The summed E-state index contributed by atoms with van der Waals surface area (Å²) < 4.78 is 16.8. The van der Waals surface area contributed by atoms with Gasteiger partial charge in [0.05, 0.1) is 0 Å². The number of hydrogen-bond acceptors (Lipinski definition) is 6. The van der Waals surface area contributed by atoms with Gasteiger partial charge in [-0.1, -0.05) is 220 Å². The molecule has 0 fully saturated rings. The number of ether oxygens (including phenoxy) is 3. The molecule has 0 spiro atoms. The van der Waals surface area contributed by atoms with E-state index < -0.39 is 6.10 Å². The van der Waals surface area contributed by atoms with Crippen LogP contribution in [-0.2, 0) is 28.6 Å². The molecule has 0 rings (SSSR count). The van der Waals surface area contributed by atoms with E-state index in [1.807, 2.05) is 0 Å². The molecule has 0 bridgehead atoms. The number of carbonyl (C=O) groups excluding carboxylic acids is 3. The number of allylic oxidation sites excluding steroid dienone is 18. The summed E-state index contributed by atoms with van der Waals surface area (Å²) in [6.07, 6.45) is 76.5. The average Bonchev–Trinajstić information content (AvgIpc) is 3.35. The van der Waals surface area contributed by atoms with Crippen molar-refractivity contribution in [2.45, 2.75) is 258 Å². The Morgan fingerprint density at radius 3 is 0.884 bits per heavy atom. The van der Waals surface area contributed by atoms with Crippen molar-refractivity contribution < 1.29 is 28.6 Å². The first-order valence-corrected chi connectivity index (χ1v) is 28.4. The van der Waals surface area contributed by atoms with Crippen molar-refractivity contribution in [3.8, 4) is 0 Å². The molecule has 0 radical (unpaired) electrons. The van der Waals surface area contributed by atoms with Crippen LogP contribution >= 0.6 is 0 Å². The third-order valence-corrected chi connectivity index (χ3v) is 11.7. The second-order valence-corrected chi connectivity index (χ2v) is 18.5. The van der Waals surface area contributed by atoms with Gasteiger partial charge in [-0.05, 0) is 122 Å². The van der Waals surface area contributed by atoms with Gasteiger partial charge in [-0.25, -0.2) is 0 Å². The molecule has 0 aliphatic rings. The van der Waals surface area contributed by atoms with Gasteiger partial charge in [0, 0.05) is 19.3 Å². The van der Waals surface area contributed by atoms with Crippen LogP contribution in [0.5, 0.6) is 0 Å². The lowest BCUT2D eigenvalue weighted by Crippen LogP contribution is -2.30. The second-order valence-electron chi connectivity index (χ2n) is 18.5.